The summed E-state index contributed by atoms with van der Waals surface area (Å²) in [5.41, 5.74) is 1.22. The summed E-state index contributed by atoms with van der Waals surface area (Å²) in [7, 11) is 0. The third-order valence-electron chi connectivity index (χ3n) is 2.02. The number of hydrogen-bond acceptors (Lipinski definition) is 1. The maximum absolute atomic E-state index is 6.23. The molecule has 1 unspecified atom stereocenters. The first-order chi connectivity index (χ1) is 6.15. The van der Waals surface area contributed by atoms with E-state index in [9.17, 15) is 0 Å². The lowest BCUT2D eigenvalue weighted by atomic mass is 10.0. The number of benzene rings is 1. The van der Waals surface area contributed by atoms with Crippen LogP contribution in [0.5, 0.6) is 0 Å². The van der Waals surface area contributed by atoms with Crippen LogP contribution in [0.25, 0.3) is 0 Å². The predicted molar refractivity (Wildman–Crippen MR) is 61.7 cm³/mol. The van der Waals surface area contributed by atoms with Crippen LogP contribution in [-0.2, 0) is 0 Å². The summed E-state index contributed by atoms with van der Waals surface area (Å²) in [5.74, 6) is 0.488. The minimum absolute atomic E-state index is 0.135. The molecule has 1 aromatic carbocycles. The SMILES string of the molecule is CSc1ccc(C(Cl)C(C)C)cc1. The van der Waals surface area contributed by atoms with Crippen molar-refractivity contribution in [2.45, 2.75) is 24.1 Å². The molecule has 0 aliphatic heterocycles. The molecule has 0 radical (unpaired) electrons. The molecule has 0 aliphatic rings. The van der Waals surface area contributed by atoms with Gasteiger partial charge in [-0.3, -0.25) is 0 Å². The van der Waals surface area contributed by atoms with Gasteiger partial charge in [0.1, 0.15) is 0 Å². The van der Waals surface area contributed by atoms with E-state index in [2.05, 4.69) is 44.4 Å². The highest BCUT2D eigenvalue weighted by Gasteiger charge is 2.11. The molecule has 13 heavy (non-hydrogen) atoms. The highest BCUT2D eigenvalue weighted by Crippen LogP contribution is 2.29. The third-order valence-corrected chi connectivity index (χ3v) is 3.52. The fourth-order valence-corrected chi connectivity index (χ4v) is 1.73. The van der Waals surface area contributed by atoms with Crippen LogP contribution >= 0.6 is 23.4 Å². The van der Waals surface area contributed by atoms with Crippen LogP contribution in [-0.4, -0.2) is 6.26 Å². The van der Waals surface area contributed by atoms with E-state index in [4.69, 9.17) is 11.6 Å². The second-order valence-corrected chi connectivity index (χ2v) is 4.77. The summed E-state index contributed by atoms with van der Waals surface area (Å²) < 4.78 is 0. The lowest BCUT2D eigenvalue weighted by molar-refractivity contribution is 0.624. The van der Waals surface area contributed by atoms with E-state index >= 15 is 0 Å². The highest BCUT2D eigenvalue weighted by atomic mass is 35.5. The molecule has 0 spiro atoms. The van der Waals surface area contributed by atoms with Gasteiger partial charge in [0.2, 0.25) is 0 Å². The van der Waals surface area contributed by atoms with E-state index in [0.717, 1.165) is 0 Å². The topological polar surface area (TPSA) is 0 Å². The molecule has 1 rings (SSSR count). The molecule has 72 valence electrons. The van der Waals surface area contributed by atoms with Crippen LogP contribution in [0.2, 0.25) is 0 Å². The molecule has 2 heteroatoms. The summed E-state index contributed by atoms with van der Waals surface area (Å²) in [6.07, 6.45) is 2.08. The Hall–Kier alpha value is -0.140. The minimum Gasteiger partial charge on any atom is -0.130 e. The second kappa shape index (κ2) is 4.92. The van der Waals surface area contributed by atoms with E-state index in [1.807, 2.05) is 0 Å². The van der Waals surface area contributed by atoms with Crippen molar-refractivity contribution in [3.05, 3.63) is 29.8 Å². The number of thioether (sulfide) groups is 1. The van der Waals surface area contributed by atoms with E-state index in [-0.39, 0.29) is 5.38 Å². The summed E-state index contributed by atoms with van der Waals surface area (Å²) >= 11 is 7.98. The van der Waals surface area contributed by atoms with Gasteiger partial charge in [-0.2, -0.15) is 0 Å². The van der Waals surface area contributed by atoms with Crippen molar-refractivity contribution in [1.82, 2.24) is 0 Å². The van der Waals surface area contributed by atoms with Gasteiger partial charge in [-0.05, 0) is 29.9 Å². The zero-order valence-corrected chi connectivity index (χ0v) is 9.82. The monoisotopic (exact) mass is 214 g/mol. The van der Waals surface area contributed by atoms with Gasteiger partial charge < -0.3 is 0 Å². The molecule has 0 N–H and O–H groups in total. The van der Waals surface area contributed by atoms with Gasteiger partial charge >= 0.3 is 0 Å². The van der Waals surface area contributed by atoms with Gasteiger partial charge in [-0.1, -0.05) is 26.0 Å². The van der Waals surface area contributed by atoms with Gasteiger partial charge in [-0.25, -0.2) is 0 Å². The van der Waals surface area contributed by atoms with Gasteiger partial charge in [0.15, 0.2) is 0 Å². The molecule has 1 aromatic rings. The molecule has 0 saturated heterocycles. The summed E-state index contributed by atoms with van der Waals surface area (Å²) in [6, 6.07) is 8.47. The van der Waals surface area contributed by atoms with Gasteiger partial charge in [0.25, 0.3) is 0 Å². The fourth-order valence-electron chi connectivity index (χ4n) is 1.17. The van der Waals surface area contributed by atoms with Crippen molar-refractivity contribution in [3.63, 3.8) is 0 Å². The van der Waals surface area contributed by atoms with Crippen LogP contribution in [0.4, 0.5) is 0 Å². The molecule has 0 aromatic heterocycles. The molecular weight excluding hydrogens is 200 g/mol. The summed E-state index contributed by atoms with van der Waals surface area (Å²) in [6.45, 7) is 4.28. The summed E-state index contributed by atoms with van der Waals surface area (Å²) in [5, 5.41) is 0.135. The normalized spacial score (nSPS) is 13.3. The molecule has 0 amide bonds. The molecule has 0 heterocycles. The zero-order chi connectivity index (χ0) is 9.84. The third kappa shape index (κ3) is 2.92. The van der Waals surface area contributed by atoms with Crippen molar-refractivity contribution in [2.24, 2.45) is 5.92 Å². The Morgan fingerprint density at radius 2 is 1.69 bits per heavy atom. The van der Waals surface area contributed by atoms with E-state index < -0.39 is 0 Å². The van der Waals surface area contributed by atoms with Crippen LogP contribution in [0.15, 0.2) is 29.2 Å². The zero-order valence-electron chi connectivity index (χ0n) is 8.25. The smallest absolute Gasteiger partial charge is 0.0608 e. The maximum atomic E-state index is 6.23. The Bertz CT molecular complexity index is 253. The molecule has 0 aliphatic carbocycles. The molecule has 0 nitrogen and oxygen atoms in total. The molecule has 0 bridgehead atoms. The summed E-state index contributed by atoms with van der Waals surface area (Å²) in [4.78, 5) is 1.29. The van der Waals surface area contributed by atoms with Gasteiger partial charge in [-0.15, -0.1) is 23.4 Å². The lowest BCUT2D eigenvalue weighted by Gasteiger charge is -2.13. The Balaban J connectivity index is 2.79. The first-order valence-corrected chi connectivity index (χ1v) is 6.09. The van der Waals surface area contributed by atoms with E-state index in [0.29, 0.717) is 5.92 Å². The lowest BCUT2D eigenvalue weighted by Crippen LogP contribution is -1.98. The predicted octanol–water partition coefficient (Wildman–Crippen LogP) is 4.34. The van der Waals surface area contributed by atoms with Crippen molar-refractivity contribution in [2.75, 3.05) is 6.26 Å². The fraction of sp³-hybridized carbons (Fsp3) is 0.455. The maximum Gasteiger partial charge on any atom is 0.0608 e. The standard InChI is InChI=1S/C11H15ClS/c1-8(2)11(12)9-4-6-10(13-3)7-5-9/h4-8,11H,1-3H3. The highest BCUT2D eigenvalue weighted by molar-refractivity contribution is 7.98. The van der Waals surface area contributed by atoms with Gasteiger partial charge in [0, 0.05) is 4.90 Å². The Morgan fingerprint density at radius 1 is 1.15 bits per heavy atom. The van der Waals surface area contributed by atoms with Crippen molar-refractivity contribution < 1.29 is 0 Å². The molecule has 0 saturated carbocycles. The van der Waals surface area contributed by atoms with Crippen LogP contribution in [0.1, 0.15) is 24.8 Å². The number of hydrogen-bond donors (Lipinski definition) is 0. The number of rotatable bonds is 3. The minimum atomic E-state index is 0.135. The van der Waals surface area contributed by atoms with Crippen molar-refractivity contribution >= 4 is 23.4 Å². The van der Waals surface area contributed by atoms with E-state index in [1.165, 1.54) is 10.5 Å². The van der Waals surface area contributed by atoms with Crippen molar-refractivity contribution in [3.8, 4) is 0 Å². The number of halogens is 1. The Morgan fingerprint density at radius 3 is 2.08 bits per heavy atom. The van der Waals surface area contributed by atoms with Crippen molar-refractivity contribution in [1.29, 1.82) is 0 Å². The molecular formula is C11H15ClS. The van der Waals surface area contributed by atoms with Crippen LogP contribution < -0.4 is 0 Å². The van der Waals surface area contributed by atoms with E-state index in [1.54, 1.807) is 11.8 Å². The molecule has 1 atom stereocenters. The Labute approximate surface area is 89.7 Å². The Kier molecular flexibility index (Phi) is 4.14. The average Bonchev–Trinajstić information content (AvgIpc) is 2.17. The number of alkyl halides is 1. The average molecular weight is 215 g/mol. The van der Waals surface area contributed by atoms with Crippen LogP contribution in [0, 0.1) is 5.92 Å². The first-order valence-electron chi connectivity index (χ1n) is 4.43. The molecule has 0 fully saturated rings. The quantitative estimate of drug-likeness (QED) is 0.533. The van der Waals surface area contributed by atoms with Crippen LogP contribution in [0.3, 0.4) is 0 Å². The second-order valence-electron chi connectivity index (χ2n) is 3.42. The largest absolute Gasteiger partial charge is 0.130 e. The van der Waals surface area contributed by atoms with Gasteiger partial charge in [0.05, 0.1) is 5.38 Å². The first kappa shape index (κ1) is 10.9.